The van der Waals surface area contributed by atoms with Crippen LogP contribution in [0, 0.1) is 0 Å². The standard InChI is InChI=1S/C24H35N3O.2C2H2O4/c1-3-19-28-24-11-9-23(10-12-24)25-21(2)20-27-17-15-26(16-18-27)14-13-22-7-5-4-6-8-22;2*3-1(4)2(5)6/h4-12,21,25H,3,13-20H2,1-2H3;2*(H,3,4)(H,5,6). The van der Waals surface area contributed by atoms with Crippen molar-refractivity contribution < 1.29 is 44.3 Å². The highest BCUT2D eigenvalue weighted by atomic mass is 16.5. The van der Waals surface area contributed by atoms with Gasteiger partial charge in [0.15, 0.2) is 0 Å². The van der Waals surface area contributed by atoms with Gasteiger partial charge in [-0.05, 0) is 49.6 Å². The second-order valence-electron chi connectivity index (χ2n) is 9.02. The number of benzene rings is 2. The zero-order valence-electron chi connectivity index (χ0n) is 22.9. The monoisotopic (exact) mass is 561 g/mol. The molecule has 2 aromatic carbocycles. The molecule has 1 atom stereocenters. The molecule has 1 aliphatic heterocycles. The van der Waals surface area contributed by atoms with Crippen LogP contribution < -0.4 is 10.1 Å². The maximum atomic E-state index is 9.10. The number of carbonyl (C=O) groups is 4. The SMILES string of the molecule is CCCOc1ccc(NC(C)CN2CCN(CCc3ccccc3)CC2)cc1.O=C(O)C(=O)O.O=C(O)C(=O)O. The molecular formula is C28H39N3O9. The Kier molecular flexibility index (Phi) is 16.1. The van der Waals surface area contributed by atoms with Crippen molar-refractivity contribution >= 4 is 29.6 Å². The summed E-state index contributed by atoms with van der Waals surface area (Å²) < 4.78 is 5.65. The molecule has 1 saturated heterocycles. The third-order valence-corrected chi connectivity index (χ3v) is 5.66. The molecule has 0 amide bonds. The molecule has 12 heteroatoms. The van der Waals surface area contributed by atoms with Gasteiger partial charge in [-0.15, -0.1) is 0 Å². The third kappa shape index (κ3) is 15.3. The maximum absolute atomic E-state index is 9.10. The predicted molar refractivity (Wildman–Crippen MR) is 149 cm³/mol. The Balaban J connectivity index is 0.000000559. The minimum absolute atomic E-state index is 0.429. The van der Waals surface area contributed by atoms with E-state index in [2.05, 4.69) is 83.6 Å². The number of hydrogen-bond acceptors (Lipinski definition) is 8. The van der Waals surface area contributed by atoms with Crippen molar-refractivity contribution in [2.75, 3.05) is 51.2 Å². The fraction of sp³-hybridized carbons (Fsp3) is 0.429. The fourth-order valence-electron chi connectivity index (χ4n) is 3.71. The summed E-state index contributed by atoms with van der Waals surface area (Å²) in [6, 6.07) is 19.6. The number of carboxylic acid groups (broad SMARTS) is 4. The molecule has 5 N–H and O–H groups in total. The van der Waals surface area contributed by atoms with Gasteiger partial charge in [0, 0.05) is 51.0 Å². The van der Waals surface area contributed by atoms with Crippen molar-refractivity contribution in [1.29, 1.82) is 0 Å². The van der Waals surface area contributed by atoms with Crippen LogP contribution in [-0.4, -0.2) is 106 Å². The van der Waals surface area contributed by atoms with Gasteiger partial charge < -0.3 is 35.4 Å². The number of nitrogens with zero attached hydrogens (tertiary/aromatic N) is 2. The zero-order chi connectivity index (χ0) is 29.9. The van der Waals surface area contributed by atoms with Gasteiger partial charge in [-0.3, -0.25) is 4.90 Å². The van der Waals surface area contributed by atoms with Crippen LogP contribution in [0.3, 0.4) is 0 Å². The Morgan fingerprint density at radius 2 is 1.30 bits per heavy atom. The van der Waals surface area contributed by atoms with E-state index in [1.54, 1.807) is 0 Å². The van der Waals surface area contributed by atoms with Crippen molar-refractivity contribution in [3.63, 3.8) is 0 Å². The lowest BCUT2D eigenvalue weighted by Gasteiger charge is -2.36. The summed E-state index contributed by atoms with van der Waals surface area (Å²) in [6.07, 6.45) is 2.19. The first kappa shape index (κ1) is 33.9. The van der Waals surface area contributed by atoms with E-state index >= 15 is 0 Å². The van der Waals surface area contributed by atoms with E-state index in [-0.39, 0.29) is 0 Å². The molecule has 220 valence electrons. The van der Waals surface area contributed by atoms with Crippen LogP contribution in [0.2, 0.25) is 0 Å². The molecule has 2 aromatic rings. The highest BCUT2D eigenvalue weighted by molar-refractivity contribution is 6.27. The summed E-state index contributed by atoms with van der Waals surface area (Å²) in [5.41, 5.74) is 2.60. The van der Waals surface area contributed by atoms with E-state index in [1.807, 2.05) is 0 Å². The minimum atomic E-state index is -1.82. The summed E-state index contributed by atoms with van der Waals surface area (Å²) >= 11 is 0. The van der Waals surface area contributed by atoms with Gasteiger partial charge in [-0.2, -0.15) is 0 Å². The van der Waals surface area contributed by atoms with Gasteiger partial charge in [0.05, 0.1) is 6.61 Å². The van der Waals surface area contributed by atoms with Crippen LogP contribution in [0.5, 0.6) is 5.75 Å². The molecule has 1 unspecified atom stereocenters. The number of rotatable bonds is 10. The first-order chi connectivity index (χ1) is 19.0. The average Bonchev–Trinajstić information content (AvgIpc) is 2.93. The number of piperazine rings is 1. The smallest absolute Gasteiger partial charge is 0.414 e. The lowest BCUT2D eigenvalue weighted by molar-refractivity contribution is -0.159. The summed E-state index contributed by atoms with van der Waals surface area (Å²) in [6.45, 7) is 12.1. The van der Waals surface area contributed by atoms with Crippen LogP contribution in [0.15, 0.2) is 54.6 Å². The van der Waals surface area contributed by atoms with E-state index in [9.17, 15) is 0 Å². The largest absolute Gasteiger partial charge is 0.494 e. The number of ether oxygens (including phenoxy) is 1. The Bertz CT molecular complexity index is 993. The molecule has 1 fully saturated rings. The van der Waals surface area contributed by atoms with Crippen molar-refractivity contribution in [2.45, 2.75) is 32.7 Å². The number of carboxylic acids is 4. The van der Waals surface area contributed by atoms with Gasteiger partial charge in [0.2, 0.25) is 0 Å². The van der Waals surface area contributed by atoms with Gasteiger partial charge in [0.1, 0.15) is 5.75 Å². The Morgan fingerprint density at radius 1 is 0.800 bits per heavy atom. The molecular weight excluding hydrogens is 522 g/mol. The topological polar surface area (TPSA) is 177 Å². The lowest BCUT2D eigenvalue weighted by Crippen LogP contribution is -2.49. The molecule has 0 radical (unpaired) electrons. The quantitative estimate of drug-likeness (QED) is 0.268. The second kappa shape index (κ2) is 19.0. The highest BCUT2D eigenvalue weighted by Gasteiger charge is 2.18. The molecule has 0 bridgehead atoms. The minimum Gasteiger partial charge on any atom is -0.494 e. The van der Waals surface area contributed by atoms with Crippen LogP contribution in [0.25, 0.3) is 0 Å². The van der Waals surface area contributed by atoms with Gasteiger partial charge >= 0.3 is 23.9 Å². The number of nitrogens with one attached hydrogen (secondary N) is 1. The molecule has 3 rings (SSSR count). The molecule has 0 saturated carbocycles. The summed E-state index contributed by atoms with van der Waals surface area (Å²) in [5.74, 6) is -6.35. The summed E-state index contributed by atoms with van der Waals surface area (Å²) in [4.78, 5) is 41.6. The van der Waals surface area contributed by atoms with Crippen LogP contribution in [0.1, 0.15) is 25.8 Å². The second-order valence-corrected chi connectivity index (χ2v) is 9.02. The fourth-order valence-corrected chi connectivity index (χ4v) is 3.71. The van der Waals surface area contributed by atoms with Crippen molar-refractivity contribution in [2.24, 2.45) is 0 Å². The molecule has 0 aromatic heterocycles. The van der Waals surface area contributed by atoms with Crippen LogP contribution >= 0.6 is 0 Å². The molecule has 1 heterocycles. The van der Waals surface area contributed by atoms with Crippen molar-refractivity contribution in [3.8, 4) is 5.75 Å². The van der Waals surface area contributed by atoms with Gasteiger partial charge in [-0.1, -0.05) is 37.3 Å². The Hall–Kier alpha value is -4.16. The van der Waals surface area contributed by atoms with E-state index in [4.69, 9.17) is 44.3 Å². The van der Waals surface area contributed by atoms with E-state index in [0.717, 1.165) is 57.1 Å². The highest BCUT2D eigenvalue weighted by Crippen LogP contribution is 2.17. The molecule has 0 spiro atoms. The lowest BCUT2D eigenvalue weighted by atomic mass is 10.1. The van der Waals surface area contributed by atoms with Gasteiger partial charge in [0.25, 0.3) is 0 Å². The van der Waals surface area contributed by atoms with Crippen LogP contribution in [-0.2, 0) is 25.6 Å². The van der Waals surface area contributed by atoms with E-state index in [1.165, 1.54) is 18.7 Å². The van der Waals surface area contributed by atoms with Gasteiger partial charge in [-0.25, -0.2) is 19.2 Å². The summed E-state index contributed by atoms with van der Waals surface area (Å²) in [5, 5.41) is 33.2. The van der Waals surface area contributed by atoms with E-state index < -0.39 is 23.9 Å². The number of hydrogen-bond donors (Lipinski definition) is 5. The normalized spacial score (nSPS) is 13.8. The summed E-state index contributed by atoms with van der Waals surface area (Å²) in [7, 11) is 0. The van der Waals surface area contributed by atoms with Crippen LogP contribution in [0.4, 0.5) is 5.69 Å². The zero-order valence-corrected chi connectivity index (χ0v) is 22.9. The molecule has 40 heavy (non-hydrogen) atoms. The number of anilines is 1. The Morgan fingerprint density at radius 3 is 1.77 bits per heavy atom. The average molecular weight is 562 g/mol. The molecule has 0 aliphatic carbocycles. The predicted octanol–water partition coefficient (Wildman–Crippen LogP) is 2.45. The Labute approximate surface area is 233 Å². The van der Waals surface area contributed by atoms with Crippen molar-refractivity contribution in [3.05, 3.63) is 60.2 Å². The first-order valence-electron chi connectivity index (χ1n) is 12.9. The van der Waals surface area contributed by atoms with E-state index in [0.29, 0.717) is 6.04 Å². The van der Waals surface area contributed by atoms with Crippen molar-refractivity contribution in [1.82, 2.24) is 9.80 Å². The molecule has 12 nitrogen and oxygen atoms in total. The molecule has 1 aliphatic rings. The first-order valence-corrected chi connectivity index (χ1v) is 12.9. The number of aliphatic carboxylic acids is 4. The third-order valence-electron chi connectivity index (χ3n) is 5.66. The maximum Gasteiger partial charge on any atom is 0.414 e.